The van der Waals surface area contributed by atoms with Crippen LogP contribution in [0.3, 0.4) is 0 Å². The zero-order valence-corrected chi connectivity index (χ0v) is 7.36. The second-order valence-corrected chi connectivity index (χ2v) is 2.68. The SMILES string of the molecule is CCCC(=O)OC(S)CC. The van der Waals surface area contributed by atoms with Gasteiger partial charge in [-0.1, -0.05) is 13.8 Å². The molecule has 0 N–H and O–H groups in total. The average molecular weight is 162 g/mol. The van der Waals surface area contributed by atoms with Crippen molar-refractivity contribution in [2.24, 2.45) is 0 Å². The summed E-state index contributed by atoms with van der Waals surface area (Å²) in [6.07, 6.45) is 2.10. The molecule has 0 spiro atoms. The zero-order chi connectivity index (χ0) is 7.98. The van der Waals surface area contributed by atoms with Gasteiger partial charge in [0.1, 0.15) is 5.44 Å². The third-order valence-corrected chi connectivity index (χ3v) is 1.54. The van der Waals surface area contributed by atoms with Crippen molar-refractivity contribution in [1.29, 1.82) is 0 Å². The summed E-state index contributed by atoms with van der Waals surface area (Å²) in [5.41, 5.74) is -0.223. The quantitative estimate of drug-likeness (QED) is 0.389. The summed E-state index contributed by atoms with van der Waals surface area (Å²) in [6, 6.07) is 0. The molecule has 1 atom stereocenters. The molecule has 0 aromatic carbocycles. The van der Waals surface area contributed by atoms with Crippen LogP contribution in [0.4, 0.5) is 0 Å². The van der Waals surface area contributed by atoms with Gasteiger partial charge in [0.15, 0.2) is 0 Å². The summed E-state index contributed by atoms with van der Waals surface area (Å²) in [6.45, 7) is 3.87. The maximum Gasteiger partial charge on any atom is 0.306 e. The van der Waals surface area contributed by atoms with Crippen molar-refractivity contribution in [3.63, 3.8) is 0 Å². The topological polar surface area (TPSA) is 26.3 Å². The minimum atomic E-state index is -0.223. The molecular formula is C7H14O2S. The Labute approximate surface area is 67.4 Å². The fraction of sp³-hybridized carbons (Fsp3) is 0.857. The number of ether oxygens (including phenoxy) is 1. The lowest BCUT2D eigenvalue weighted by molar-refractivity contribution is -0.145. The molecule has 0 aliphatic heterocycles. The highest BCUT2D eigenvalue weighted by Crippen LogP contribution is 2.04. The van der Waals surface area contributed by atoms with Crippen LogP contribution in [0.5, 0.6) is 0 Å². The molecule has 0 saturated carbocycles. The lowest BCUT2D eigenvalue weighted by Crippen LogP contribution is -2.10. The highest BCUT2D eigenvalue weighted by atomic mass is 32.1. The van der Waals surface area contributed by atoms with Crippen molar-refractivity contribution in [1.82, 2.24) is 0 Å². The maximum atomic E-state index is 10.7. The molecule has 0 aliphatic rings. The summed E-state index contributed by atoms with van der Waals surface area (Å²) in [5.74, 6) is -0.149. The van der Waals surface area contributed by atoms with Gasteiger partial charge in [-0.05, 0) is 12.8 Å². The molecule has 0 fully saturated rings. The van der Waals surface area contributed by atoms with E-state index in [0.717, 1.165) is 12.8 Å². The largest absolute Gasteiger partial charge is 0.452 e. The maximum absolute atomic E-state index is 10.7. The van der Waals surface area contributed by atoms with Crippen LogP contribution in [-0.4, -0.2) is 11.4 Å². The van der Waals surface area contributed by atoms with Gasteiger partial charge in [-0.25, -0.2) is 0 Å². The summed E-state index contributed by atoms with van der Waals surface area (Å²) >= 11 is 4.02. The van der Waals surface area contributed by atoms with E-state index in [1.54, 1.807) is 0 Å². The number of hydrogen-bond donors (Lipinski definition) is 1. The Bertz CT molecular complexity index is 104. The molecule has 0 amide bonds. The molecule has 10 heavy (non-hydrogen) atoms. The molecule has 0 bridgehead atoms. The number of rotatable bonds is 4. The van der Waals surface area contributed by atoms with Crippen molar-refractivity contribution in [2.75, 3.05) is 0 Å². The summed E-state index contributed by atoms with van der Waals surface area (Å²) < 4.78 is 4.87. The fourth-order valence-corrected chi connectivity index (χ4v) is 0.616. The monoisotopic (exact) mass is 162 g/mol. The molecule has 0 radical (unpaired) electrons. The average Bonchev–Trinajstić information content (AvgIpc) is 1.88. The van der Waals surface area contributed by atoms with Gasteiger partial charge in [0.25, 0.3) is 0 Å². The molecule has 0 aliphatic carbocycles. The first-order valence-electron chi connectivity index (χ1n) is 3.58. The van der Waals surface area contributed by atoms with E-state index in [4.69, 9.17) is 4.74 Å². The Morgan fingerprint density at radius 2 is 2.20 bits per heavy atom. The number of carbonyl (C=O) groups is 1. The molecule has 0 heterocycles. The Morgan fingerprint density at radius 1 is 1.60 bits per heavy atom. The van der Waals surface area contributed by atoms with Crippen LogP contribution in [0.1, 0.15) is 33.1 Å². The predicted molar refractivity (Wildman–Crippen MR) is 44.1 cm³/mol. The van der Waals surface area contributed by atoms with E-state index in [0.29, 0.717) is 6.42 Å². The number of esters is 1. The Morgan fingerprint density at radius 3 is 2.60 bits per heavy atom. The van der Waals surface area contributed by atoms with E-state index in [2.05, 4.69) is 12.6 Å². The number of carbonyl (C=O) groups excluding carboxylic acids is 1. The second-order valence-electron chi connectivity index (χ2n) is 2.10. The van der Waals surface area contributed by atoms with Gasteiger partial charge in [0.2, 0.25) is 0 Å². The van der Waals surface area contributed by atoms with Gasteiger partial charge in [-0.15, -0.1) is 12.6 Å². The third-order valence-electron chi connectivity index (χ3n) is 1.07. The van der Waals surface area contributed by atoms with Gasteiger partial charge >= 0.3 is 5.97 Å². The molecule has 1 unspecified atom stereocenters. The molecule has 0 aromatic heterocycles. The van der Waals surface area contributed by atoms with Crippen molar-refractivity contribution < 1.29 is 9.53 Å². The first kappa shape index (κ1) is 9.82. The van der Waals surface area contributed by atoms with Crippen LogP contribution < -0.4 is 0 Å². The van der Waals surface area contributed by atoms with Crippen LogP contribution >= 0.6 is 12.6 Å². The Hall–Kier alpha value is -0.180. The first-order valence-corrected chi connectivity index (χ1v) is 4.09. The molecule has 0 saturated heterocycles. The third kappa shape index (κ3) is 4.68. The highest BCUT2D eigenvalue weighted by Gasteiger charge is 2.05. The van der Waals surface area contributed by atoms with Crippen molar-refractivity contribution >= 4 is 18.6 Å². The van der Waals surface area contributed by atoms with Crippen LogP contribution in [0, 0.1) is 0 Å². The molecule has 0 rings (SSSR count). The van der Waals surface area contributed by atoms with Crippen LogP contribution in [0.2, 0.25) is 0 Å². The minimum Gasteiger partial charge on any atom is -0.452 e. The van der Waals surface area contributed by atoms with Gasteiger partial charge in [0, 0.05) is 6.42 Å². The Balaban J connectivity index is 3.37. The smallest absolute Gasteiger partial charge is 0.306 e. The van der Waals surface area contributed by atoms with E-state index in [1.807, 2.05) is 13.8 Å². The summed E-state index contributed by atoms with van der Waals surface area (Å²) in [5, 5.41) is 0. The second kappa shape index (κ2) is 5.59. The summed E-state index contributed by atoms with van der Waals surface area (Å²) in [4.78, 5) is 10.7. The van der Waals surface area contributed by atoms with Gasteiger partial charge < -0.3 is 4.74 Å². The van der Waals surface area contributed by atoms with E-state index in [9.17, 15) is 4.79 Å². The summed E-state index contributed by atoms with van der Waals surface area (Å²) in [7, 11) is 0. The number of thiol groups is 1. The fourth-order valence-electron chi connectivity index (χ4n) is 0.498. The standard InChI is InChI=1S/C7H14O2S/c1-3-5-6(8)9-7(10)4-2/h7,10H,3-5H2,1-2H3. The first-order chi connectivity index (χ1) is 4.70. The predicted octanol–water partition coefficient (Wildman–Crippen LogP) is 2.00. The minimum absolute atomic E-state index is 0.149. The number of hydrogen-bond acceptors (Lipinski definition) is 3. The van der Waals surface area contributed by atoms with Gasteiger partial charge in [-0.2, -0.15) is 0 Å². The van der Waals surface area contributed by atoms with E-state index in [-0.39, 0.29) is 11.4 Å². The van der Waals surface area contributed by atoms with Crippen molar-refractivity contribution in [2.45, 2.75) is 38.5 Å². The molecular weight excluding hydrogens is 148 g/mol. The van der Waals surface area contributed by atoms with E-state index >= 15 is 0 Å². The normalized spacial score (nSPS) is 12.7. The van der Waals surface area contributed by atoms with Crippen LogP contribution in [-0.2, 0) is 9.53 Å². The lowest BCUT2D eigenvalue weighted by atomic mass is 10.3. The van der Waals surface area contributed by atoms with Crippen molar-refractivity contribution in [3.8, 4) is 0 Å². The Kier molecular flexibility index (Phi) is 5.49. The van der Waals surface area contributed by atoms with Crippen LogP contribution in [0.25, 0.3) is 0 Å². The van der Waals surface area contributed by atoms with Gasteiger partial charge in [-0.3, -0.25) is 4.79 Å². The molecule has 3 heteroatoms. The highest BCUT2D eigenvalue weighted by molar-refractivity contribution is 7.80. The molecule has 2 nitrogen and oxygen atoms in total. The lowest BCUT2D eigenvalue weighted by Gasteiger charge is -2.08. The molecule has 60 valence electrons. The van der Waals surface area contributed by atoms with E-state index in [1.165, 1.54) is 0 Å². The van der Waals surface area contributed by atoms with E-state index < -0.39 is 0 Å². The van der Waals surface area contributed by atoms with Crippen molar-refractivity contribution in [3.05, 3.63) is 0 Å². The van der Waals surface area contributed by atoms with Crippen LogP contribution in [0.15, 0.2) is 0 Å². The van der Waals surface area contributed by atoms with Gasteiger partial charge in [0.05, 0.1) is 0 Å². The zero-order valence-electron chi connectivity index (χ0n) is 6.46. The molecule has 0 aromatic rings.